The lowest BCUT2D eigenvalue weighted by Crippen LogP contribution is -2.14. The van der Waals surface area contributed by atoms with Crippen molar-refractivity contribution in [2.45, 2.75) is 26.2 Å². The molecule has 0 aliphatic heterocycles. The number of anilines is 2. The quantitative estimate of drug-likeness (QED) is 0.790. The molecule has 0 saturated carbocycles. The molecule has 2 rings (SSSR count). The number of methoxy groups -OCH3 is 1. The molecule has 0 spiro atoms. The summed E-state index contributed by atoms with van der Waals surface area (Å²) in [7, 11) is 1.48. The Kier molecular flexibility index (Phi) is 6.51. The summed E-state index contributed by atoms with van der Waals surface area (Å²) in [6.07, 6.45) is 2.20. The van der Waals surface area contributed by atoms with Crippen molar-refractivity contribution in [1.29, 1.82) is 0 Å². The first-order valence-corrected chi connectivity index (χ1v) is 8.08. The Morgan fingerprint density at radius 2 is 1.92 bits per heavy atom. The van der Waals surface area contributed by atoms with Gasteiger partial charge in [0.05, 0.1) is 12.8 Å². The molecule has 2 amide bonds. The van der Waals surface area contributed by atoms with Crippen molar-refractivity contribution < 1.29 is 18.7 Å². The van der Waals surface area contributed by atoms with E-state index in [2.05, 4.69) is 10.6 Å². The molecule has 0 aliphatic rings. The molecule has 0 saturated heterocycles. The number of rotatable bonds is 7. The fraction of sp³-hybridized carbons (Fsp3) is 0.263. The number of carbonyl (C=O) groups is 2. The molecule has 0 bridgehead atoms. The standard InChI is InChI=1S/C19H21FN2O3/c1-3-4-8-18(23)22-16-10-9-15(12-17(16)25-2)21-19(24)13-6-5-7-14(20)11-13/h5-7,9-12H,3-4,8H2,1-2H3,(H,21,24)(H,22,23). The van der Waals surface area contributed by atoms with Crippen LogP contribution in [0.3, 0.4) is 0 Å². The van der Waals surface area contributed by atoms with Gasteiger partial charge >= 0.3 is 0 Å². The van der Waals surface area contributed by atoms with E-state index in [1.165, 1.54) is 25.3 Å². The van der Waals surface area contributed by atoms with E-state index in [9.17, 15) is 14.0 Å². The average Bonchev–Trinajstić information content (AvgIpc) is 2.61. The zero-order valence-corrected chi connectivity index (χ0v) is 14.3. The summed E-state index contributed by atoms with van der Waals surface area (Å²) >= 11 is 0. The van der Waals surface area contributed by atoms with Gasteiger partial charge in [0.2, 0.25) is 5.91 Å². The Morgan fingerprint density at radius 1 is 1.12 bits per heavy atom. The normalized spacial score (nSPS) is 10.2. The summed E-state index contributed by atoms with van der Waals surface area (Å²) in [5.74, 6) is -0.560. The minimum atomic E-state index is -0.477. The molecule has 2 N–H and O–H groups in total. The molecule has 0 unspecified atom stereocenters. The highest BCUT2D eigenvalue weighted by Crippen LogP contribution is 2.28. The molecule has 6 heteroatoms. The highest BCUT2D eigenvalue weighted by molar-refractivity contribution is 6.04. The molecule has 132 valence electrons. The van der Waals surface area contributed by atoms with Crippen LogP contribution >= 0.6 is 0 Å². The van der Waals surface area contributed by atoms with Crippen LogP contribution in [-0.4, -0.2) is 18.9 Å². The molecular formula is C19H21FN2O3. The van der Waals surface area contributed by atoms with Crippen LogP contribution in [0.15, 0.2) is 42.5 Å². The Balaban J connectivity index is 2.10. The van der Waals surface area contributed by atoms with Crippen molar-refractivity contribution in [3.63, 3.8) is 0 Å². The Labute approximate surface area is 146 Å². The van der Waals surface area contributed by atoms with Gasteiger partial charge in [0.1, 0.15) is 11.6 Å². The van der Waals surface area contributed by atoms with Crippen LogP contribution < -0.4 is 15.4 Å². The highest BCUT2D eigenvalue weighted by atomic mass is 19.1. The Morgan fingerprint density at radius 3 is 2.60 bits per heavy atom. The lowest BCUT2D eigenvalue weighted by molar-refractivity contribution is -0.116. The van der Waals surface area contributed by atoms with E-state index in [1.807, 2.05) is 6.92 Å². The van der Waals surface area contributed by atoms with E-state index < -0.39 is 11.7 Å². The molecule has 25 heavy (non-hydrogen) atoms. The van der Waals surface area contributed by atoms with Crippen LogP contribution in [0, 0.1) is 5.82 Å². The van der Waals surface area contributed by atoms with E-state index in [0.29, 0.717) is 23.5 Å². The second kappa shape index (κ2) is 8.82. The van der Waals surface area contributed by atoms with E-state index in [4.69, 9.17) is 4.74 Å². The van der Waals surface area contributed by atoms with Crippen LogP contribution in [0.2, 0.25) is 0 Å². The molecule has 0 radical (unpaired) electrons. The molecular weight excluding hydrogens is 323 g/mol. The number of ether oxygens (including phenoxy) is 1. The number of nitrogens with one attached hydrogen (secondary N) is 2. The van der Waals surface area contributed by atoms with E-state index in [-0.39, 0.29) is 11.5 Å². The van der Waals surface area contributed by atoms with E-state index in [1.54, 1.807) is 18.2 Å². The van der Waals surface area contributed by atoms with Crippen LogP contribution in [0.25, 0.3) is 0 Å². The fourth-order valence-electron chi connectivity index (χ4n) is 2.26. The van der Waals surface area contributed by atoms with Gasteiger partial charge < -0.3 is 15.4 Å². The number of halogens is 1. The predicted octanol–water partition coefficient (Wildman–Crippen LogP) is 4.22. The lowest BCUT2D eigenvalue weighted by atomic mass is 10.2. The molecule has 5 nitrogen and oxygen atoms in total. The van der Waals surface area contributed by atoms with E-state index >= 15 is 0 Å². The molecule has 0 aromatic heterocycles. The zero-order chi connectivity index (χ0) is 18.2. The fourth-order valence-corrected chi connectivity index (χ4v) is 2.26. The van der Waals surface area contributed by atoms with Gasteiger partial charge in [0, 0.05) is 23.7 Å². The number of hydrogen-bond donors (Lipinski definition) is 2. The minimum absolute atomic E-state index is 0.0864. The van der Waals surface area contributed by atoms with E-state index in [0.717, 1.165) is 18.9 Å². The Hall–Kier alpha value is -2.89. The average molecular weight is 344 g/mol. The highest BCUT2D eigenvalue weighted by Gasteiger charge is 2.11. The summed E-state index contributed by atoms with van der Waals surface area (Å²) in [5.41, 5.74) is 1.24. The number of hydrogen-bond acceptors (Lipinski definition) is 3. The number of unbranched alkanes of at least 4 members (excludes halogenated alkanes) is 1. The second-order valence-corrected chi connectivity index (χ2v) is 5.53. The summed E-state index contributed by atoms with van der Waals surface area (Å²) in [4.78, 5) is 24.0. The first-order chi connectivity index (χ1) is 12.0. The monoisotopic (exact) mass is 344 g/mol. The third kappa shape index (κ3) is 5.31. The first-order valence-electron chi connectivity index (χ1n) is 8.08. The molecule has 0 heterocycles. The van der Waals surface area contributed by atoms with Gasteiger partial charge in [-0.05, 0) is 36.8 Å². The largest absolute Gasteiger partial charge is 0.494 e. The van der Waals surface area contributed by atoms with Gasteiger partial charge in [-0.2, -0.15) is 0 Å². The van der Waals surface area contributed by atoms with Crippen molar-refractivity contribution in [3.8, 4) is 5.75 Å². The molecule has 2 aromatic rings. The summed E-state index contributed by atoms with van der Waals surface area (Å²) in [6, 6.07) is 10.3. The van der Waals surface area contributed by atoms with Crippen molar-refractivity contribution in [2.24, 2.45) is 0 Å². The van der Waals surface area contributed by atoms with Gasteiger partial charge in [0.25, 0.3) is 5.91 Å². The molecule has 0 fully saturated rings. The van der Waals surface area contributed by atoms with Crippen LogP contribution in [0.1, 0.15) is 36.5 Å². The summed E-state index contributed by atoms with van der Waals surface area (Å²) in [5, 5.41) is 5.47. The molecule has 2 aromatic carbocycles. The van der Waals surface area contributed by atoms with Crippen LogP contribution in [-0.2, 0) is 4.79 Å². The van der Waals surface area contributed by atoms with Gasteiger partial charge in [0.15, 0.2) is 0 Å². The van der Waals surface area contributed by atoms with Crippen LogP contribution in [0.5, 0.6) is 5.75 Å². The topological polar surface area (TPSA) is 67.4 Å². The Bertz CT molecular complexity index is 762. The van der Waals surface area contributed by atoms with Crippen molar-refractivity contribution in [1.82, 2.24) is 0 Å². The summed E-state index contributed by atoms with van der Waals surface area (Å²) < 4.78 is 18.5. The third-order valence-electron chi connectivity index (χ3n) is 3.58. The predicted molar refractivity (Wildman–Crippen MR) is 95.5 cm³/mol. The maximum absolute atomic E-state index is 13.2. The van der Waals surface area contributed by atoms with Gasteiger partial charge in [-0.1, -0.05) is 19.4 Å². The van der Waals surface area contributed by atoms with Gasteiger partial charge in [-0.25, -0.2) is 4.39 Å². The van der Waals surface area contributed by atoms with Gasteiger partial charge in [-0.3, -0.25) is 9.59 Å². The van der Waals surface area contributed by atoms with Crippen molar-refractivity contribution in [2.75, 3.05) is 17.7 Å². The molecule has 0 atom stereocenters. The SMILES string of the molecule is CCCCC(=O)Nc1ccc(NC(=O)c2cccc(F)c2)cc1OC. The van der Waals surface area contributed by atoms with Gasteiger partial charge in [-0.15, -0.1) is 0 Å². The second-order valence-electron chi connectivity index (χ2n) is 5.53. The molecule has 0 aliphatic carbocycles. The minimum Gasteiger partial charge on any atom is -0.494 e. The third-order valence-corrected chi connectivity index (χ3v) is 3.58. The van der Waals surface area contributed by atoms with Crippen molar-refractivity contribution in [3.05, 3.63) is 53.8 Å². The number of benzene rings is 2. The zero-order valence-electron chi connectivity index (χ0n) is 14.3. The maximum Gasteiger partial charge on any atom is 0.255 e. The van der Waals surface area contributed by atoms with Crippen molar-refractivity contribution >= 4 is 23.2 Å². The maximum atomic E-state index is 13.2. The number of carbonyl (C=O) groups excluding carboxylic acids is 2. The lowest BCUT2D eigenvalue weighted by Gasteiger charge is -2.12. The first kappa shape index (κ1) is 18.4. The van der Waals surface area contributed by atoms with Crippen LogP contribution in [0.4, 0.5) is 15.8 Å². The summed E-state index contributed by atoms with van der Waals surface area (Å²) in [6.45, 7) is 2.02. The number of amides is 2. The smallest absolute Gasteiger partial charge is 0.255 e.